The molecule has 2 N–H and O–H groups in total. The van der Waals surface area contributed by atoms with Crippen molar-refractivity contribution in [3.8, 4) is 0 Å². The van der Waals surface area contributed by atoms with Gasteiger partial charge in [-0.15, -0.1) is 0 Å². The zero-order valence-corrected chi connectivity index (χ0v) is 22.5. The normalized spacial score (nSPS) is 12.7. The average molecular weight is 446 g/mol. The molecule has 0 saturated heterocycles. The van der Waals surface area contributed by atoms with Crippen LogP contribution in [0.4, 0.5) is 0 Å². The number of hydrogen-bond donors (Lipinski definition) is 2. The largest absolute Gasteiger partial charge is 1.00 e. The zero-order valence-electron chi connectivity index (χ0n) is 18.6. The third-order valence-corrected chi connectivity index (χ3v) is 5.75. The molecule has 0 radical (unpaired) electrons. The molecular weight excluding hydrogens is 401 g/mol. The minimum absolute atomic E-state index is 0. The Morgan fingerprint density at radius 3 is 1.57 bits per heavy atom. The molecule has 164 valence electrons. The van der Waals surface area contributed by atoms with Crippen LogP contribution in [0.15, 0.2) is 0 Å². The molecule has 0 aliphatic rings. The first-order valence-electron chi connectivity index (χ1n) is 11.3. The van der Waals surface area contributed by atoms with E-state index in [2.05, 4.69) is 12.2 Å². The van der Waals surface area contributed by atoms with Gasteiger partial charge in [-0.2, -0.15) is 0 Å². The van der Waals surface area contributed by atoms with Crippen LogP contribution < -0.4 is 56.7 Å². The Hall–Kier alpha value is 1.47. The van der Waals surface area contributed by atoms with Crippen molar-refractivity contribution in [1.29, 1.82) is 0 Å². The Morgan fingerprint density at radius 1 is 0.786 bits per heavy atom. The number of rotatable bonds is 21. The van der Waals surface area contributed by atoms with E-state index in [0.717, 1.165) is 19.3 Å². The summed E-state index contributed by atoms with van der Waals surface area (Å²) in [5, 5.41) is 12.6. The average Bonchev–Trinajstić information content (AvgIpc) is 2.61. The van der Waals surface area contributed by atoms with Gasteiger partial charge < -0.3 is 15.0 Å². The Kier molecular flexibility index (Phi) is 26.2. The molecule has 0 heterocycles. The number of unbranched alkanes of at least 4 members (excludes halogenated alkanes) is 14. The summed E-state index contributed by atoms with van der Waals surface area (Å²) in [6.07, 6.45) is 20.1. The topological polar surface area (TPSA) is 89.5 Å². The summed E-state index contributed by atoms with van der Waals surface area (Å²) in [6, 6.07) is 0. The second kappa shape index (κ2) is 23.1. The summed E-state index contributed by atoms with van der Waals surface area (Å²) in [4.78, 5) is 0. The minimum atomic E-state index is -4.16. The van der Waals surface area contributed by atoms with Crippen LogP contribution in [-0.2, 0) is 10.1 Å². The van der Waals surface area contributed by atoms with Gasteiger partial charge in [0.1, 0.15) is 0 Å². The standard InChI is InChI=1S/C21H45NO4S.K/c1-2-3-4-5-6-7-8-9-10-11-12-13-14-15-16-17-21(23)20-22-18-19-27(24,25)26;/h21-23H,2-20H2,1H3,(H,24,25,26);/q;+1/p-1. The molecule has 0 aromatic carbocycles. The van der Waals surface area contributed by atoms with Crippen LogP contribution >= 0.6 is 0 Å². The van der Waals surface area contributed by atoms with Crippen molar-refractivity contribution in [2.75, 3.05) is 18.8 Å². The Morgan fingerprint density at radius 2 is 1.18 bits per heavy atom. The first-order chi connectivity index (χ1) is 13.0. The molecule has 0 aliphatic heterocycles. The van der Waals surface area contributed by atoms with Crippen LogP contribution in [0.1, 0.15) is 110 Å². The Labute approximate surface area is 217 Å². The quantitative estimate of drug-likeness (QED) is 0.160. The van der Waals surface area contributed by atoms with Crippen molar-refractivity contribution >= 4 is 10.1 Å². The number of nitrogens with one attached hydrogen (secondary N) is 1. The van der Waals surface area contributed by atoms with Crippen molar-refractivity contribution in [1.82, 2.24) is 5.32 Å². The molecule has 5 nitrogen and oxygen atoms in total. The molecule has 1 atom stereocenters. The van der Waals surface area contributed by atoms with Crippen molar-refractivity contribution in [3.63, 3.8) is 0 Å². The van der Waals surface area contributed by atoms with Crippen LogP contribution in [0.5, 0.6) is 0 Å². The second-order valence-corrected chi connectivity index (χ2v) is 9.38. The maximum atomic E-state index is 10.4. The van der Waals surface area contributed by atoms with E-state index in [-0.39, 0.29) is 57.9 Å². The van der Waals surface area contributed by atoms with Gasteiger partial charge in [0, 0.05) is 13.1 Å². The molecule has 0 amide bonds. The molecule has 28 heavy (non-hydrogen) atoms. The fraction of sp³-hybridized carbons (Fsp3) is 1.00. The number of aliphatic hydroxyl groups excluding tert-OH is 1. The van der Waals surface area contributed by atoms with E-state index in [1.807, 2.05) is 0 Å². The van der Waals surface area contributed by atoms with Crippen LogP contribution in [0, 0.1) is 0 Å². The van der Waals surface area contributed by atoms with Crippen LogP contribution in [0.25, 0.3) is 0 Å². The van der Waals surface area contributed by atoms with Gasteiger partial charge in [-0.25, -0.2) is 8.42 Å². The molecule has 0 bridgehead atoms. The predicted octanol–water partition coefficient (Wildman–Crippen LogP) is 1.75. The molecule has 0 aliphatic carbocycles. The van der Waals surface area contributed by atoms with Gasteiger partial charge in [-0.3, -0.25) is 0 Å². The summed E-state index contributed by atoms with van der Waals surface area (Å²) in [6.45, 7) is 2.73. The summed E-state index contributed by atoms with van der Waals surface area (Å²) in [5.41, 5.74) is 0. The first-order valence-corrected chi connectivity index (χ1v) is 12.9. The third-order valence-electron chi connectivity index (χ3n) is 5.05. The molecule has 0 aromatic heterocycles. The number of hydrogen-bond acceptors (Lipinski definition) is 5. The van der Waals surface area contributed by atoms with Gasteiger partial charge in [0.05, 0.1) is 22.0 Å². The molecule has 0 aromatic rings. The van der Waals surface area contributed by atoms with Gasteiger partial charge in [0.25, 0.3) is 0 Å². The van der Waals surface area contributed by atoms with Gasteiger partial charge in [-0.1, -0.05) is 103 Å². The first kappa shape index (κ1) is 31.7. The fourth-order valence-electron chi connectivity index (χ4n) is 3.32. The van der Waals surface area contributed by atoms with E-state index in [9.17, 15) is 18.1 Å². The minimum Gasteiger partial charge on any atom is -0.748 e. The van der Waals surface area contributed by atoms with E-state index in [0.29, 0.717) is 6.54 Å². The summed E-state index contributed by atoms with van der Waals surface area (Å²) in [7, 11) is -4.16. The van der Waals surface area contributed by atoms with E-state index < -0.39 is 22.0 Å². The van der Waals surface area contributed by atoms with E-state index in [1.165, 1.54) is 83.5 Å². The Balaban J connectivity index is 0. The van der Waals surface area contributed by atoms with E-state index in [4.69, 9.17) is 0 Å². The molecular formula is C21H44KNO4S. The van der Waals surface area contributed by atoms with Crippen LogP contribution in [0.2, 0.25) is 0 Å². The van der Waals surface area contributed by atoms with Crippen molar-refractivity contribution in [3.05, 3.63) is 0 Å². The maximum Gasteiger partial charge on any atom is 1.00 e. The fourth-order valence-corrected chi connectivity index (χ4v) is 3.71. The molecule has 1 unspecified atom stereocenters. The van der Waals surface area contributed by atoms with E-state index >= 15 is 0 Å². The maximum absolute atomic E-state index is 10.4. The summed E-state index contributed by atoms with van der Waals surface area (Å²) < 4.78 is 31.3. The van der Waals surface area contributed by atoms with Crippen molar-refractivity contribution < 1.29 is 69.5 Å². The van der Waals surface area contributed by atoms with Gasteiger partial charge in [0.2, 0.25) is 0 Å². The van der Waals surface area contributed by atoms with Gasteiger partial charge in [0.15, 0.2) is 0 Å². The Bertz CT molecular complexity index is 407. The van der Waals surface area contributed by atoms with Gasteiger partial charge >= 0.3 is 51.4 Å². The number of aliphatic hydroxyl groups is 1. The summed E-state index contributed by atoms with van der Waals surface area (Å²) in [5.74, 6) is -0.418. The second-order valence-electron chi connectivity index (χ2n) is 7.86. The predicted molar refractivity (Wildman–Crippen MR) is 113 cm³/mol. The molecule has 0 saturated carbocycles. The molecule has 0 rings (SSSR count). The molecule has 0 fully saturated rings. The zero-order chi connectivity index (χ0) is 20.2. The smallest absolute Gasteiger partial charge is 0.748 e. The monoisotopic (exact) mass is 445 g/mol. The van der Waals surface area contributed by atoms with Crippen molar-refractivity contribution in [2.24, 2.45) is 0 Å². The van der Waals surface area contributed by atoms with Gasteiger partial charge in [-0.05, 0) is 6.42 Å². The summed E-state index contributed by atoms with van der Waals surface area (Å²) >= 11 is 0. The van der Waals surface area contributed by atoms with E-state index in [1.54, 1.807) is 0 Å². The molecule has 0 spiro atoms. The third kappa shape index (κ3) is 27.5. The van der Waals surface area contributed by atoms with Crippen molar-refractivity contribution in [2.45, 2.75) is 116 Å². The van der Waals surface area contributed by atoms with Crippen LogP contribution in [0.3, 0.4) is 0 Å². The molecule has 7 heteroatoms. The SMILES string of the molecule is CCCCCCCCCCCCCCCCCC(O)CNCCS(=O)(=O)[O-].[K+]. The van der Waals surface area contributed by atoms with Crippen LogP contribution in [-0.4, -0.2) is 43.0 Å².